The van der Waals surface area contributed by atoms with Gasteiger partial charge in [0.05, 0.1) is 0 Å². The second-order valence-corrected chi connectivity index (χ2v) is 5.77. The van der Waals surface area contributed by atoms with Crippen LogP contribution >= 0.6 is 0 Å². The first kappa shape index (κ1) is 14.2. The highest BCUT2D eigenvalue weighted by Gasteiger charge is 2.16. The number of benzene rings is 1. The number of carbonyl (C=O) groups is 1. The van der Waals surface area contributed by atoms with E-state index in [1.165, 1.54) is 12.8 Å². The maximum atomic E-state index is 12.3. The van der Waals surface area contributed by atoms with Gasteiger partial charge in [0.2, 0.25) is 5.91 Å². The van der Waals surface area contributed by atoms with E-state index in [0.29, 0.717) is 19.6 Å². The molecule has 0 N–H and O–H groups in total. The van der Waals surface area contributed by atoms with Gasteiger partial charge in [-0.15, -0.1) is 0 Å². The van der Waals surface area contributed by atoms with Crippen LogP contribution in [0.3, 0.4) is 0 Å². The fraction of sp³-hybridized carbons (Fsp3) is 0.588. The number of amides is 1. The SMILES string of the molecule is O=C(CCc1ccc2c(c1)OCCO2)N1CCCCCC1. The number of aryl methyl sites for hydroxylation is 1. The molecule has 1 saturated heterocycles. The summed E-state index contributed by atoms with van der Waals surface area (Å²) in [5.74, 6) is 1.90. The maximum absolute atomic E-state index is 12.3. The fourth-order valence-electron chi connectivity index (χ4n) is 2.97. The number of carbonyl (C=O) groups excluding carboxylic acids is 1. The average molecular weight is 289 g/mol. The van der Waals surface area contributed by atoms with Crippen molar-refractivity contribution < 1.29 is 14.3 Å². The van der Waals surface area contributed by atoms with Gasteiger partial charge in [0.1, 0.15) is 13.2 Å². The second kappa shape index (κ2) is 6.83. The van der Waals surface area contributed by atoms with Gasteiger partial charge in [-0.05, 0) is 37.0 Å². The average Bonchev–Trinajstić information content (AvgIpc) is 2.81. The van der Waals surface area contributed by atoms with Crippen LogP contribution in [0.25, 0.3) is 0 Å². The van der Waals surface area contributed by atoms with Crippen LogP contribution in [0, 0.1) is 0 Å². The van der Waals surface area contributed by atoms with E-state index in [4.69, 9.17) is 9.47 Å². The Labute approximate surface area is 126 Å². The minimum absolute atomic E-state index is 0.284. The molecule has 2 heterocycles. The molecule has 0 aromatic heterocycles. The van der Waals surface area contributed by atoms with Gasteiger partial charge in [-0.2, -0.15) is 0 Å². The number of rotatable bonds is 3. The minimum Gasteiger partial charge on any atom is -0.486 e. The molecule has 0 aliphatic carbocycles. The van der Waals surface area contributed by atoms with E-state index in [1.54, 1.807) is 0 Å². The molecule has 1 amide bonds. The molecule has 21 heavy (non-hydrogen) atoms. The topological polar surface area (TPSA) is 38.8 Å². The summed E-state index contributed by atoms with van der Waals surface area (Å²) in [4.78, 5) is 14.3. The van der Waals surface area contributed by atoms with Gasteiger partial charge in [0.25, 0.3) is 0 Å². The molecule has 2 aliphatic rings. The third-order valence-electron chi connectivity index (χ3n) is 4.19. The molecule has 1 aromatic carbocycles. The molecule has 114 valence electrons. The summed E-state index contributed by atoms with van der Waals surface area (Å²) in [7, 11) is 0. The summed E-state index contributed by atoms with van der Waals surface area (Å²) in [6.45, 7) is 3.07. The number of hydrogen-bond donors (Lipinski definition) is 0. The van der Waals surface area contributed by atoms with Crippen LogP contribution in [0.5, 0.6) is 11.5 Å². The van der Waals surface area contributed by atoms with Crippen LogP contribution < -0.4 is 9.47 Å². The first-order valence-electron chi connectivity index (χ1n) is 7.99. The molecule has 0 saturated carbocycles. The molecular weight excluding hydrogens is 266 g/mol. The Kier molecular flexibility index (Phi) is 4.63. The zero-order valence-corrected chi connectivity index (χ0v) is 12.5. The van der Waals surface area contributed by atoms with Crippen molar-refractivity contribution in [3.8, 4) is 11.5 Å². The third kappa shape index (κ3) is 3.69. The van der Waals surface area contributed by atoms with Crippen molar-refractivity contribution >= 4 is 5.91 Å². The van der Waals surface area contributed by atoms with Gasteiger partial charge in [-0.1, -0.05) is 18.9 Å². The Bertz CT molecular complexity index is 493. The molecule has 1 aromatic rings. The number of fused-ring (bicyclic) bond motifs is 1. The summed E-state index contributed by atoms with van der Waals surface area (Å²) >= 11 is 0. The first-order valence-corrected chi connectivity index (χ1v) is 7.99. The highest BCUT2D eigenvalue weighted by atomic mass is 16.6. The predicted molar refractivity (Wildman–Crippen MR) is 80.8 cm³/mol. The molecular formula is C17H23NO3. The summed E-state index contributed by atoms with van der Waals surface area (Å²) in [5, 5.41) is 0. The Balaban J connectivity index is 1.55. The van der Waals surface area contributed by atoms with Crippen molar-refractivity contribution in [2.75, 3.05) is 26.3 Å². The smallest absolute Gasteiger partial charge is 0.222 e. The largest absolute Gasteiger partial charge is 0.486 e. The van der Waals surface area contributed by atoms with Crippen LogP contribution in [0.15, 0.2) is 18.2 Å². The normalized spacial score (nSPS) is 18.2. The lowest BCUT2D eigenvalue weighted by Gasteiger charge is -2.21. The highest BCUT2D eigenvalue weighted by Crippen LogP contribution is 2.31. The molecule has 0 spiro atoms. The predicted octanol–water partition coefficient (Wildman–Crippen LogP) is 2.79. The van der Waals surface area contributed by atoms with Gasteiger partial charge in [-0.25, -0.2) is 0 Å². The van der Waals surface area contributed by atoms with E-state index in [-0.39, 0.29) is 5.91 Å². The van der Waals surface area contributed by atoms with E-state index in [1.807, 2.05) is 23.1 Å². The van der Waals surface area contributed by atoms with E-state index >= 15 is 0 Å². The quantitative estimate of drug-likeness (QED) is 0.859. The number of nitrogens with zero attached hydrogens (tertiary/aromatic N) is 1. The molecule has 0 bridgehead atoms. The van der Waals surface area contributed by atoms with Crippen LogP contribution in [-0.4, -0.2) is 37.1 Å². The number of hydrogen-bond acceptors (Lipinski definition) is 3. The van der Waals surface area contributed by atoms with Crippen LogP contribution in [-0.2, 0) is 11.2 Å². The third-order valence-corrected chi connectivity index (χ3v) is 4.19. The molecule has 2 aliphatic heterocycles. The van der Waals surface area contributed by atoms with Gasteiger partial charge in [0.15, 0.2) is 11.5 Å². The van der Waals surface area contributed by atoms with Crippen molar-refractivity contribution in [1.29, 1.82) is 0 Å². The highest BCUT2D eigenvalue weighted by molar-refractivity contribution is 5.76. The molecule has 0 atom stereocenters. The first-order chi connectivity index (χ1) is 10.3. The Hall–Kier alpha value is -1.71. The zero-order valence-electron chi connectivity index (χ0n) is 12.5. The molecule has 0 radical (unpaired) electrons. The summed E-state index contributed by atoms with van der Waals surface area (Å²) < 4.78 is 11.1. The van der Waals surface area contributed by atoms with Gasteiger partial charge < -0.3 is 14.4 Å². The van der Waals surface area contributed by atoms with Gasteiger partial charge in [0, 0.05) is 19.5 Å². The molecule has 4 heteroatoms. The fourth-order valence-corrected chi connectivity index (χ4v) is 2.97. The lowest BCUT2D eigenvalue weighted by atomic mass is 10.1. The Morgan fingerprint density at radius 3 is 2.48 bits per heavy atom. The van der Waals surface area contributed by atoms with Crippen molar-refractivity contribution in [3.05, 3.63) is 23.8 Å². The molecule has 1 fully saturated rings. The zero-order chi connectivity index (χ0) is 14.5. The lowest BCUT2D eigenvalue weighted by Crippen LogP contribution is -2.31. The monoisotopic (exact) mass is 289 g/mol. The molecule has 4 nitrogen and oxygen atoms in total. The van der Waals surface area contributed by atoms with Crippen LogP contribution in [0.1, 0.15) is 37.7 Å². The Morgan fingerprint density at radius 2 is 1.71 bits per heavy atom. The van der Waals surface area contributed by atoms with Crippen molar-refractivity contribution in [1.82, 2.24) is 4.90 Å². The minimum atomic E-state index is 0.284. The van der Waals surface area contributed by atoms with Crippen LogP contribution in [0.2, 0.25) is 0 Å². The standard InChI is InChI=1S/C17H23NO3/c19-17(18-9-3-1-2-4-10-18)8-6-14-5-7-15-16(13-14)21-12-11-20-15/h5,7,13H,1-4,6,8-12H2. The van der Waals surface area contributed by atoms with Crippen LogP contribution in [0.4, 0.5) is 0 Å². The summed E-state index contributed by atoms with van der Waals surface area (Å²) in [6.07, 6.45) is 6.16. The summed E-state index contributed by atoms with van der Waals surface area (Å²) in [5.41, 5.74) is 1.14. The van der Waals surface area contributed by atoms with Crippen molar-refractivity contribution in [2.24, 2.45) is 0 Å². The number of ether oxygens (including phenoxy) is 2. The lowest BCUT2D eigenvalue weighted by molar-refractivity contribution is -0.131. The molecule has 0 unspecified atom stereocenters. The van der Waals surface area contributed by atoms with Crippen molar-refractivity contribution in [3.63, 3.8) is 0 Å². The van der Waals surface area contributed by atoms with Gasteiger partial charge >= 0.3 is 0 Å². The van der Waals surface area contributed by atoms with Gasteiger partial charge in [-0.3, -0.25) is 4.79 Å². The Morgan fingerprint density at radius 1 is 1.00 bits per heavy atom. The van der Waals surface area contributed by atoms with Crippen molar-refractivity contribution in [2.45, 2.75) is 38.5 Å². The number of likely N-dealkylation sites (tertiary alicyclic amines) is 1. The van der Waals surface area contributed by atoms with E-state index in [9.17, 15) is 4.79 Å². The van der Waals surface area contributed by atoms with E-state index in [2.05, 4.69) is 0 Å². The summed E-state index contributed by atoms with van der Waals surface area (Å²) in [6, 6.07) is 5.98. The molecule has 3 rings (SSSR count). The second-order valence-electron chi connectivity index (χ2n) is 5.77. The van der Waals surface area contributed by atoms with E-state index < -0.39 is 0 Å². The van der Waals surface area contributed by atoms with E-state index in [0.717, 1.165) is 49.4 Å². The maximum Gasteiger partial charge on any atom is 0.222 e.